The molecule has 0 aromatic carbocycles. The van der Waals surface area contributed by atoms with E-state index in [1.165, 1.54) is 33.5 Å². The van der Waals surface area contributed by atoms with E-state index in [-0.39, 0.29) is 0 Å². The largest absolute Gasteiger partial charge is 0.143 e. The van der Waals surface area contributed by atoms with Gasteiger partial charge in [-0.3, -0.25) is 0 Å². The Morgan fingerprint density at radius 1 is 1.47 bits per heavy atom. The van der Waals surface area contributed by atoms with Gasteiger partial charge in [0.25, 0.3) is 0 Å². The zero-order valence-corrected chi connectivity index (χ0v) is 13.1. The van der Waals surface area contributed by atoms with Crippen LogP contribution in [0.15, 0.2) is 10.5 Å². The number of alkyl halides is 1. The lowest BCUT2D eigenvalue weighted by Gasteiger charge is -2.20. The van der Waals surface area contributed by atoms with Crippen molar-refractivity contribution >= 4 is 43.2 Å². The standard InChI is InChI=1S/C12H16Br2S/c1-7-4-3-5-9(7)12(14)11-6-10(13)8(2)15-11/h6-7,9,12H,3-5H2,1-2H3. The van der Waals surface area contributed by atoms with Crippen LogP contribution in [0.3, 0.4) is 0 Å². The van der Waals surface area contributed by atoms with Crippen molar-refractivity contribution < 1.29 is 0 Å². The summed E-state index contributed by atoms with van der Waals surface area (Å²) in [5.41, 5.74) is 0. The van der Waals surface area contributed by atoms with Gasteiger partial charge in [0.15, 0.2) is 0 Å². The van der Waals surface area contributed by atoms with Crippen LogP contribution in [-0.2, 0) is 0 Å². The Morgan fingerprint density at radius 2 is 2.20 bits per heavy atom. The summed E-state index contributed by atoms with van der Waals surface area (Å²) in [6, 6.07) is 2.28. The van der Waals surface area contributed by atoms with Crippen LogP contribution in [0.5, 0.6) is 0 Å². The predicted molar refractivity (Wildman–Crippen MR) is 74.9 cm³/mol. The minimum Gasteiger partial charge on any atom is -0.143 e. The van der Waals surface area contributed by atoms with Crippen molar-refractivity contribution in [2.75, 3.05) is 0 Å². The Balaban J connectivity index is 2.16. The smallest absolute Gasteiger partial charge is 0.0520 e. The van der Waals surface area contributed by atoms with Crippen LogP contribution < -0.4 is 0 Å². The molecule has 1 aromatic heterocycles. The van der Waals surface area contributed by atoms with Gasteiger partial charge in [0.05, 0.1) is 4.83 Å². The molecule has 0 spiro atoms. The maximum Gasteiger partial charge on any atom is 0.0520 e. The number of hydrogen-bond acceptors (Lipinski definition) is 1. The first-order valence-electron chi connectivity index (χ1n) is 5.49. The Morgan fingerprint density at radius 3 is 2.67 bits per heavy atom. The average molecular weight is 352 g/mol. The van der Waals surface area contributed by atoms with Crippen molar-refractivity contribution in [1.29, 1.82) is 0 Å². The normalized spacial score (nSPS) is 28.3. The Hall–Kier alpha value is 0.660. The fraction of sp³-hybridized carbons (Fsp3) is 0.667. The fourth-order valence-electron chi connectivity index (χ4n) is 2.44. The molecule has 84 valence electrons. The summed E-state index contributed by atoms with van der Waals surface area (Å²) in [7, 11) is 0. The molecule has 1 aliphatic carbocycles. The van der Waals surface area contributed by atoms with E-state index in [0.717, 1.165) is 11.8 Å². The third-order valence-electron chi connectivity index (χ3n) is 3.45. The van der Waals surface area contributed by atoms with Gasteiger partial charge in [-0.15, -0.1) is 11.3 Å². The van der Waals surface area contributed by atoms with Crippen LogP contribution in [0, 0.1) is 18.8 Å². The number of hydrogen-bond donors (Lipinski definition) is 0. The van der Waals surface area contributed by atoms with E-state index in [9.17, 15) is 0 Å². The summed E-state index contributed by atoms with van der Waals surface area (Å²) < 4.78 is 1.26. The molecule has 1 aliphatic rings. The zero-order valence-electron chi connectivity index (χ0n) is 9.09. The first kappa shape index (κ1) is 12.1. The van der Waals surface area contributed by atoms with Gasteiger partial charge in [-0.1, -0.05) is 35.7 Å². The summed E-state index contributed by atoms with van der Waals surface area (Å²) in [6.45, 7) is 4.57. The summed E-state index contributed by atoms with van der Waals surface area (Å²) in [4.78, 5) is 3.43. The van der Waals surface area contributed by atoms with Gasteiger partial charge in [-0.2, -0.15) is 0 Å². The second-order valence-electron chi connectivity index (χ2n) is 4.53. The van der Waals surface area contributed by atoms with E-state index in [0.29, 0.717) is 4.83 Å². The van der Waals surface area contributed by atoms with Crippen LogP contribution in [0.1, 0.15) is 40.8 Å². The number of thiophene rings is 1. The summed E-state index contributed by atoms with van der Waals surface area (Å²) in [6.07, 6.45) is 4.18. The van der Waals surface area contributed by atoms with Gasteiger partial charge < -0.3 is 0 Å². The molecule has 0 radical (unpaired) electrons. The second-order valence-corrected chi connectivity index (χ2v) is 7.66. The molecule has 1 heterocycles. The van der Waals surface area contributed by atoms with E-state index in [1.54, 1.807) is 0 Å². The Bertz CT molecular complexity index is 326. The maximum absolute atomic E-state index is 3.89. The predicted octanol–water partition coefficient (Wildman–Crippen LogP) is 5.69. The highest BCUT2D eigenvalue weighted by Crippen LogP contribution is 2.47. The molecule has 1 fully saturated rings. The summed E-state index contributed by atoms with van der Waals surface area (Å²) in [5.74, 6) is 1.70. The molecule has 0 saturated heterocycles. The van der Waals surface area contributed by atoms with Gasteiger partial charge in [-0.05, 0) is 47.2 Å². The van der Waals surface area contributed by atoms with Crippen molar-refractivity contribution in [3.63, 3.8) is 0 Å². The topological polar surface area (TPSA) is 0 Å². The van der Waals surface area contributed by atoms with Gasteiger partial charge in [0.2, 0.25) is 0 Å². The maximum atomic E-state index is 3.89. The van der Waals surface area contributed by atoms with E-state index >= 15 is 0 Å². The van der Waals surface area contributed by atoms with E-state index in [2.05, 4.69) is 51.8 Å². The minimum absolute atomic E-state index is 0.560. The van der Waals surface area contributed by atoms with Gasteiger partial charge in [0.1, 0.15) is 0 Å². The van der Waals surface area contributed by atoms with E-state index in [1.807, 2.05) is 11.3 Å². The Kier molecular flexibility index (Phi) is 3.95. The third-order valence-corrected chi connectivity index (χ3v) is 7.15. The average Bonchev–Trinajstić information content (AvgIpc) is 2.74. The number of halogens is 2. The third kappa shape index (κ3) is 2.50. The highest BCUT2D eigenvalue weighted by atomic mass is 79.9. The molecular formula is C12H16Br2S. The van der Waals surface area contributed by atoms with Crippen LogP contribution in [0.25, 0.3) is 0 Å². The van der Waals surface area contributed by atoms with Crippen LogP contribution >= 0.6 is 43.2 Å². The highest BCUT2D eigenvalue weighted by Gasteiger charge is 2.31. The van der Waals surface area contributed by atoms with Crippen molar-refractivity contribution in [3.05, 3.63) is 20.3 Å². The number of rotatable bonds is 2. The summed E-state index contributed by atoms with van der Waals surface area (Å²) >= 11 is 9.41. The monoisotopic (exact) mass is 350 g/mol. The molecule has 0 nitrogen and oxygen atoms in total. The lowest BCUT2D eigenvalue weighted by molar-refractivity contribution is 0.417. The quantitative estimate of drug-likeness (QED) is 0.600. The van der Waals surface area contributed by atoms with Gasteiger partial charge in [0, 0.05) is 14.2 Å². The highest BCUT2D eigenvalue weighted by molar-refractivity contribution is 9.10. The molecule has 1 aromatic rings. The van der Waals surface area contributed by atoms with Crippen LogP contribution in [0.4, 0.5) is 0 Å². The van der Waals surface area contributed by atoms with Crippen molar-refractivity contribution in [2.24, 2.45) is 11.8 Å². The van der Waals surface area contributed by atoms with Crippen LogP contribution in [0.2, 0.25) is 0 Å². The molecule has 3 heteroatoms. The van der Waals surface area contributed by atoms with Crippen molar-refractivity contribution in [3.8, 4) is 0 Å². The molecular weight excluding hydrogens is 336 g/mol. The van der Waals surface area contributed by atoms with Crippen molar-refractivity contribution in [2.45, 2.75) is 37.9 Å². The van der Waals surface area contributed by atoms with Crippen LogP contribution in [-0.4, -0.2) is 0 Å². The molecule has 0 amide bonds. The Labute approximate surface area is 113 Å². The first-order chi connectivity index (χ1) is 7.09. The fourth-order valence-corrected chi connectivity index (χ4v) is 5.25. The molecule has 2 rings (SSSR count). The lowest BCUT2D eigenvalue weighted by Crippen LogP contribution is -2.09. The molecule has 3 atom stereocenters. The van der Waals surface area contributed by atoms with Crippen molar-refractivity contribution in [1.82, 2.24) is 0 Å². The molecule has 0 aliphatic heterocycles. The molecule has 3 unspecified atom stereocenters. The lowest BCUT2D eigenvalue weighted by atomic mass is 9.94. The zero-order chi connectivity index (χ0) is 11.0. The van der Waals surface area contributed by atoms with E-state index < -0.39 is 0 Å². The first-order valence-corrected chi connectivity index (χ1v) is 8.02. The summed E-state index contributed by atoms with van der Waals surface area (Å²) in [5, 5.41) is 0. The van der Waals surface area contributed by atoms with Gasteiger partial charge in [-0.25, -0.2) is 0 Å². The van der Waals surface area contributed by atoms with Gasteiger partial charge >= 0.3 is 0 Å². The SMILES string of the molecule is Cc1sc(C(Br)C2CCCC2C)cc1Br. The molecule has 0 N–H and O–H groups in total. The molecule has 1 saturated carbocycles. The molecule has 15 heavy (non-hydrogen) atoms. The number of aryl methyl sites for hydroxylation is 1. The second kappa shape index (κ2) is 4.89. The van der Waals surface area contributed by atoms with E-state index in [4.69, 9.17) is 0 Å². The minimum atomic E-state index is 0.560. The molecule has 0 bridgehead atoms.